The number of aliphatic imine (C=N–C) groups is 1. The van der Waals surface area contributed by atoms with Crippen LogP contribution in [-0.4, -0.2) is 6.72 Å². The maximum atomic E-state index is 3.73. The van der Waals surface area contributed by atoms with Gasteiger partial charge in [0.2, 0.25) is 0 Å². The SMILES string of the molecule is C=N/C=C(C)\C=C(/C)c1ccccc1. The minimum absolute atomic E-state index is 1.11. The molecule has 0 bridgehead atoms. The minimum Gasteiger partial charge on any atom is -0.272 e. The number of nitrogens with zero attached hydrogens (tertiary/aromatic N) is 1. The molecule has 72 valence electrons. The van der Waals surface area contributed by atoms with Crippen molar-refractivity contribution in [1.29, 1.82) is 0 Å². The highest BCUT2D eigenvalue weighted by molar-refractivity contribution is 5.66. The predicted molar refractivity (Wildman–Crippen MR) is 63.4 cm³/mol. The fourth-order valence-electron chi connectivity index (χ4n) is 1.31. The van der Waals surface area contributed by atoms with Crippen LogP contribution in [0.2, 0.25) is 0 Å². The van der Waals surface area contributed by atoms with Gasteiger partial charge in [0.1, 0.15) is 0 Å². The van der Waals surface area contributed by atoms with E-state index in [-0.39, 0.29) is 0 Å². The molecule has 0 spiro atoms. The van der Waals surface area contributed by atoms with Gasteiger partial charge in [-0.25, -0.2) is 0 Å². The first-order valence-electron chi connectivity index (χ1n) is 4.60. The first kappa shape index (κ1) is 10.5. The van der Waals surface area contributed by atoms with Crippen LogP contribution in [0.4, 0.5) is 0 Å². The zero-order valence-corrected chi connectivity index (χ0v) is 8.70. The van der Waals surface area contributed by atoms with Crippen molar-refractivity contribution in [2.45, 2.75) is 13.8 Å². The molecule has 0 amide bonds. The molecular formula is C13H15N. The van der Waals surface area contributed by atoms with Crippen LogP contribution in [0, 0.1) is 0 Å². The second kappa shape index (κ2) is 5.18. The van der Waals surface area contributed by atoms with E-state index in [4.69, 9.17) is 0 Å². The molecule has 0 heterocycles. The van der Waals surface area contributed by atoms with Gasteiger partial charge in [-0.2, -0.15) is 0 Å². The van der Waals surface area contributed by atoms with E-state index in [1.807, 2.05) is 25.1 Å². The zero-order valence-electron chi connectivity index (χ0n) is 8.70. The van der Waals surface area contributed by atoms with Crippen molar-refractivity contribution in [3.05, 3.63) is 53.7 Å². The third-order valence-electron chi connectivity index (χ3n) is 1.97. The number of hydrogen-bond donors (Lipinski definition) is 0. The molecule has 1 rings (SSSR count). The van der Waals surface area contributed by atoms with E-state index in [9.17, 15) is 0 Å². The lowest BCUT2D eigenvalue weighted by molar-refractivity contribution is 1.43. The average Bonchev–Trinajstić information content (AvgIpc) is 2.19. The topological polar surface area (TPSA) is 12.4 Å². The van der Waals surface area contributed by atoms with Crippen molar-refractivity contribution in [1.82, 2.24) is 0 Å². The van der Waals surface area contributed by atoms with E-state index in [0.29, 0.717) is 0 Å². The molecule has 1 aromatic carbocycles. The van der Waals surface area contributed by atoms with Gasteiger partial charge in [0, 0.05) is 6.20 Å². The predicted octanol–water partition coefficient (Wildman–Crippen LogP) is 3.69. The Morgan fingerprint density at radius 1 is 1.21 bits per heavy atom. The van der Waals surface area contributed by atoms with E-state index < -0.39 is 0 Å². The highest BCUT2D eigenvalue weighted by atomic mass is 14.6. The molecule has 1 heteroatoms. The quantitative estimate of drug-likeness (QED) is 0.503. The number of benzene rings is 1. The monoisotopic (exact) mass is 185 g/mol. The molecular weight excluding hydrogens is 170 g/mol. The van der Waals surface area contributed by atoms with Gasteiger partial charge in [-0.3, -0.25) is 4.99 Å². The summed E-state index contributed by atoms with van der Waals surface area (Å²) in [5, 5.41) is 0. The molecule has 0 aliphatic rings. The van der Waals surface area contributed by atoms with Crippen LogP contribution >= 0.6 is 0 Å². The molecule has 0 N–H and O–H groups in total. The Bertz CT molecular complexity index is 358. The highest BCUT2D eigenvalue weighted by Gasteiger charge is 1.93. The van der Waals surface area contributed by atoms with Gasteiger partial charge in [0.25, 0.3) is 0 Å². The molecule has 1 nitrogen and oxygen atoms in total. The first-order chi connectivity index (χ1) is 6.74. The molecule has 0 saturated heterocycles. The summed E-state index contributed by atoms with van der Waals surface area (Å²) in [5.74, 6) is 0. The summed E-state index contributed by atoms with van der Waals surface area (Å²) in [4.78, 5) is 3.73. The highest BCUT2D eigenvalue weighted by Crippen LogP contribution is 2.14. The second-order valence-electron chi connectivity index (χ2n) is 3.25. The minimum atomic E-state index is 1.11. The van der Waals surface area contributed by atoms with Gasteiger partial charge in [-0.1, -0.05) is 36.4 Å². The zero-order chi connectivity index (χ0) is 10.4. The van der Waals surface area contributed by atoms with E-state index in [0.717, 1.165) is 5.57 Å². The van der Waals surface area contributed by atoms with Crippen LogP contribution in [-0.2, 0) is 0 Å². The van der Waals surface area contributed by atoms with E-state index >= 15 is 0 Å². The third-order valence-corrected chi connectivity index (χ3v) is 1.97. The van der Waals surface area contributed by atoms with Crippen LogP contribution in [0.1, 0.15) is 19.4 Å². The molecule has 1 aromatic rings. The van der Waals surface area contributed by atoms with Crippen molar-refractivity contribution < 1.29 is 0 Å². The van der Waals surface area contributed by atoms with Crippen LogP contribution in [0.25, 0.3) is 5.57 Å². The van der Waals surface area contributed by atoms with Crippen molar-refractivity contribution >= 4 is 12.3 Å². The van der Waals surface area contributed by atoms with Crippen LogP contribution < -0.4 is 0 Å². The molecule has 0 saturated carbocycles. The summed E-state index contributed by atoms with van der Waals surface area (Å²) in [6.45, 7) is 7.53. The van der Waals surface area contributed by atoms with E-state index in [2.05, 4.69) is 36.8 Å². The summed E-state index contributed by atoms with van der Waals surface area (Å²) >= 11 is 0. The fraction of sp³-hybridized carbons (Fsp3) is 0.154. The lowest BCUT2D eigenvalue weighted by atomic mass is 10.1. The molecule has 0 aromatic heterocycles. The number of rotatable bonds is 3. The van der Waals surface area contributed by atoms with Crippen molar-refractivity contribution in [3.8, 4) is 0 Å². The van der Waals surface area contributed by atoms with Gasteiger partial charge >= 0.3 is 0 Å². The Morgan fingerprint density at radius 2 is 1.86 bits per heavy atom. The van der Waals surface area contributed by atoms with Gasteiger partial charge in [-0.15, -0.1) is 0 Å². The Kier molecular flexibility index (Phi) is 3.86. The van der Waals surface area contributed by atoms with Gasteiger partial charge in [0.05, 0.1) is 0 Å². The van der Waals surface area contributed by atoms with Crippen molar-refractivity contribution in [3.63, 3.8) is 0 Å². The first-order valence-corrected chi connectivity index (χ1v) is 4.60. The fourth-order valence-corrected chi connectivity index (χ4v) is 1.31. The van der Waals surface area contributed by atoms with Gasteiger partial charge in [0.15, 0.2) is 0 Å². The second-order valence-corrected chi connectivity index (χ2v) is 3.25. The Morgan fingerprint density at radius 3 is 2.43 bits per heavy atom. The standard InChI is InChI=1S/C13H15N/c1-11(10-14-3)9-12(2)13-7-5-4-6-8-13/h4-10H,3H2,1-2H3/b11-10-,12-9+. The number of allylic oxidation sites excluding steroid dienone is 3. The summed E-state index contributed by atoms with van der Waals surface area (Å²) in [6.07, 6.45) is 3.86. The number of hydrogen-bond acceptors (Lipinski definition) is 1. The van der Waals surface area contributed by atoms with Crippen LogP contribution in [0.15, 0.2) is 53.2 Å². The maximum Gasteiger partial charge on any atom is 0.0289 e. The summed E-state index contributed by atoms with van der Waals surface area (Å²) < 4.78 is 0. The molecule has 0 unspecified atom stereocenters. The normalized spacial score (nSPS) is 12.7. The molecule has 0 radical (unpaired) electrons. The smallest absolute Gasteiger partial charge is 0.0289 e. The molecule has 0 aliphatic carbocycles. The van der Waals surface area contributed by atoms with Crippen LogP contribution in [0.5, 0.6) is 0 Å². The van der Waals surface area contributed by atoms with E-state index in [1.165, 1.54) is 11.1 Å². The lowest BCUT2D eigenvalue weighted by Gasteiger charge is -2.00. The molecule has 0 atom stereocenters. The maximum absolute atomic E-state index is 3.73. The lowest BCUT2D eigenvalue weighted by Crippen LogP contribution is -1.78. The Hall–Kier alpha value is -1.63. The summed E-state index contributed by atoms with van der Waals surface area (Å²) in [7, 11) is 0. The van der Waals surface area contributed by atoms with Crippen molar-refractivity contribution in [2.24, 2.45) is 4.99 Å². The Balaban J connectivity index is 2.90. The van der Waals surface area contributed by atoms with Gasteiger partial charge in [-0.05, 0) is 37.3 Å². The molecule has 14 heavy (non-hydrogen) atoms. The molecule has 0 fully saturated rings. The van der Waals surface area contributed by atoms with Crippen molar-refractivity contribution in [2.75, 3.05) is 0 Å². The molecule has 0 aliphatic heterocycles. The third kappa shape index (κ3) is 3.02. The van der Waals surface area contributed by atoms with E-state index in [1.54, 1.807) is 6.20 Å². The Labute approximate surface area is 85.5 Å². The summed E-state index contributed by atoms with van der Waals surface area (Å²) in [5.41, 5.74) is 3.59. The summed E-state index contributed by atoms with van der Waals surface area (Å²) in [6, 6.07) is 10.3. The van der Waals surface area contributed by atoms with Gasteiger partial charge < -0.3 is 0 Å². The largest absolute Gasteiger partial charge is 0.272 e. The average molecular weight is 185 g/mol. The van der Waals surface area contributed by atoms with Crippen LogP contribution in [0.3, 0.4) is 0 Å².